The van der Waals surface area contributed by atoms with E-state index in [4.69, 9.17) is 4.52 Å². The van der Waals surface area contributed by atoms with Crippen LogP contribution in [0.4, 0.5) is 11.5 Å². The standard InChI is InChI=1S/C15H19N3O2/c1-3-12-6-4-5-7-13(12)16-9-8-15(19)17-14-10-11(2)20-18-14/h4-7,10,16H,3,8-9H2,1-2H3,(H,17,18,19). The van der Waals surface area contributed by atoms with Crippen LogP contribution in [0.3, 0.4) is 0 Å². The van der Waals surface area contributed by atoms with Crippen LogP contribution in [-0.2, 0) is 11.2 Å². The minimum atomic E-state index is -0.0835. The van der Waals surface area contributed by atoms with Crippen molar-refractivity contribution in [3.8, 4) is 0 Å². The van der Waals surface area contributed by atoms with Gasteiger partial charge in [0.25, 0.3) is 0 Å². The zero-order valence-corrected chi connectivity index (χ0v) is 11.8. The summed E-state index contributed by atoms with van der Waals surface area (Å²) in [5, 5.41) is 9.70. The first-order valence-corrected chi connectivity index (χ1v) is 6.74. The van der Waals surface area contributed by atoms with Crippen LogP contribution in [-0.4, -0.2) is 17.6 Å². The molecule has 1 aromatic heterocycles. The molecule has 2 rings (SSSR count). The Morgan fingerprint density at radius 2 is 2.15 bits per heavy atom. The Bertz CT molecular complexity index is 578. The monoisotopic (exact) mass is 273 g/mol. The van der Waals surface area contributed by atoms with E-state index < -0.39 is 0 Å². The molecule has 5 nitrogen and oxygen atoms in total. The Labute approximate surface area is 118 Å². The molecular formula is C15H19N3O2. The van der Waals surface area contributed by atoms with Crippen LogP contribution >= 0.6 is 0 Å². The van der Waals surface area contributed by atoms with Crippen molar-refractivity contribution in [2.24, 2.45) is 0 Å². The number of amides is 1. The number of aromatic nitrogens is 1. The molecule has 0 spiro atoms. The second-order valence-electron chi connectivity index (χ2n) is 4.56. The third kappa shape index (κ3) is 3.85. The van der Waals surface area contributed by atoms with E-state index in [9.17, 15) is 4.79 Å². The number of para-hydroxylation sites is 1. The number of carbonyl (C=O) groups is 1. The second-order valence-corrected chi connectivity index (χ2v) is 4.56. The van der Waals surface area contributed by atoms with Crippen LogP contribution in [0, 0.1) is 6.92 Å². The van der Waals surface area contributed by atoms with Gasteiger partial charge in [-0.15, -0.1) is 0 Å². The molecule has 1 heterocycles. The summed E-state index contributed by atoms with van der Waals surface area (Å²) in [6.45, 7) is 4.48. The molecule has 0 radical (unpaired) electrons. The van der Waals surface area contributed by atoms with E-state index in [1.165, 1.54) is 5.56 Å². The Morgan fingerprint density at radius 3 is 2.85 bits per heavy atom. The number of nitrogens with one attached hydrogen (secondary N) is 2. The van der Waals surface area contributed by atoms with Crippen molar-refractivity contribution in [2.75, 3.05) is 17.2 Å². The fraction of sp³-hybridized carbons (Fsp3) is 0.333. The van der Waals surface area contributed by atoms with Gasteiger partial charge in [-0.3, -0.25) is 4.79 Å². The number of anilines is 2. The summed E-state index contributed by atoms with van der Waals surface area (Å²) in [7, 11) is 0. The molecule has 106 valence electrons. The normalized spacial score (nSPS) is 10.3. The average Bonchev–Trinajstić information content (AvgIpc) is 2.84. The molecule has 2 aromatic rings. The van der Waals surface area contributed by atoms with Gasteiger partial charge < -0.3 is 15.2 Å². The first-order valence-electron chi connectivity index (χ1n) is 6.74. The van der Waals surface area contributed by atoms with Crippen LogP contribution in [0.15, 0.2) is 34.9 Å². The lowest BCUT2D eigenvalue weighted by molar-refractivity contribution is -0.116. The van der Waals surface area contributed by atoms with E-state index in [1.807, 2.05) is 18.2 Å². The van der Waals surface area contributed by atoms with Gasteiger partial charge in [0.1, 0.15) is 5.76 Å². The summed E-state index contributed by atoms with van der Waals surface area (Å²) in [6, 6.07) is 9.80. The molecule has 0 aliphatic heterocycles. The lowest BCUT2D eigenvalue weighted by atomic mass is 10.1. The van der Waals surface area contributed by atoms with Crippen LogP contribution in [0.5, 0.6) is 0 Å². The summed E-state index contributed by atoms with van der Waals surface area (Å²) in [5.41, 5.74) is 2.33. The van der Waals surface area contributed by atoms with Crippen LogP contribution < -0.4 is 10.6 Å². The molecule has 0 aliphatic rings. The van der Waals surface area contributed by atoms with E-state index in [-0.39, 0.29) is 5.91 Å². The highest BCUT2D eigenvalue weighted by atomic mass is 16.5. The minimum absolute atomic E-state index is 0.0835. The second kappa shape index (κ2) is 6.75. The van der Waals surface area contributed by atoms with Crippen LogP contribution in [0.2, 0.25) is 0 Å². The van der Waals surface area contributed by atoms with Gasteiger partial charge in [0.2, 0.25) is 5.91 Å². The van der Waals surface area contributed by atoms with Gasteiger partial charge in [0.05, 0.1) is 0 Å². The highest BCUT2D eigenvalue weighted by molar-refractivity contribution is 5.90. The van der Waals surface area contributed by atoms with Crippen molar-refractivity contribution >= 4 is 17.4 Å². The first kappa shape index (κ1) is 14.1. The third-order valence-electron chi connectivity index (χ3n) is 2.96. The van der Waals surface area contributed by atoms with Gasteiger partial charge in [-0.25, -0.2) is 0 Å². The Morgan fingerprint density at radius 1 is 1.35 bits per heavy atom. The Balaban J connectivity index is 1.79. The minimum Gasteiger partial charge on any atom is -0.384 e. The lowest BCUT2D eigenvalue weighted by Crippen LogP contribution is -2.16. The van der Waals surface area contributed by atoms with Gasteiger partial charge in [-0.2, -0.15) is 0 Å². The van der Waals surface area contributed by atoms with Crippen LogP contribution in [0.1, 0.15) is 24.7 Å². The highest BCUT2D eigenvalue weighted by Gasteiger charge is 2.06. The third-order valence-corrected chi connectivity index (χ3v) is 2.96. The summed E-state index contributed by atoms with van der Waals surface area (Å²) >= 11 is 0. The van der Waals surface area contributed by atoms with E-state index in [0.29, 0.717) is 24.5 Å². The summed E-state index contributed by atoms with van der Waals surface area (Å²) in [5.74, 6) is 1.05. The van der Waals surface area contributed by atoms with Gasteiger partial charge in [0.15, 0.2) is 5.82 Å². The maximum absolute atomic E-state index is 11.7. The van der Waals surface area contributed by atoms with Gasteiger partial charge >= 0.3 is 0 Å². The van der Waals surface area contributed by atoms with Crippen LogP contribution in [0.25, 0.3) is 0 Å². The zero-order valence-electron chi connectivity index (χ0n) is 11.8. The summed E-state index contributed by atoms with van der Waals surface area (Å²) in [6.07, 6.45) is 1.34. The van der Waals surface area contributed by atoms with Gasteiger partial charge in [-0.1, -0.05) is 30.3 Å². The fourth-order valence-electron chi connectivity index (χ4n) is 1.94. The molecule has 2 N–H and O–H groups in total. The van der Waals surface area contributed by atoms with Crippen molar-refractivity contribution in [3.63, 3.8) is 0 Å². The van der Waals surface area contributed by atoms with E-state index in [0.717, 1.165) is 12.1 Å². The maximum Gasteiger partial charge on any atom is 0.227 e. The predicted octanol–water partition coefficient (Wildman–Crippen LogP) is 2.99. The number of carbonyl (C=O) groups excluding carboxylic acids is 1. The number of aryl methyl sites for hydroxylation is 2. The molecule has 0 saturated carbocycles. The average molecular weight is 273 g/mol. The largest absolute Gasteiger partial charge is 0.384 e. The van der Waals surface area contributed by atoms with E-state index >= 15 is 0 Å². The molecular weight excluding hydrogens is 254 g/mol. The molecule has 1 amide bonds. The predicted molar refractivity (Wildman–Crippen MR) is 78.8 cm³/mol. The lowest BCUT2D eigenvalue weighted by Gasteiger charge is -2.10. The maximum atomic E-state index is 11.7. The number of benzene rings is 1. The smallest absolute Gasteiger partial charge is 0.227 e. The van der Waals surface area contributed by atoms with Gasteiger partial charge in [0, 0.05) is 24.7 Å². The number of rotatable bonds is 6. The number of hydrogen-bond donors (Lipinski definition) is 2. The molecule has 20 heavy (non-hydrogen) atoms. The molecule has 0 bridgehead atoms. The molecule has 0 unspecified atom stereocenters. The first-order chi connectivity index (χ1) is 9.69. The molecule has 0 saturated heterocycles. The van der Waals surface area contributed by atoms with E-state index in [1.54, 1.807) is 13.0 Å². The number of hydrogen-bond acceptors (Lipinski definition) is 4. The molecule has 0 fully saturated rings. The Hall–Kier alpha value is -2.30. The summed E-state index contributed by atoms with van der Waals surface area (Å²) in [4.78, 5) is 11.7. The van der Waals surface area contributed by atoms with Crippen molar-refractivity contribution in [2.45, 2.75) is 26.7 Å². The van der Waals surface area contributed by atoms with Gasteiger partial charge in [-0.05, 0) is 25.0 Å². The topological polar surface area (TPSA) is 67.2 Å². The Kier molecular flexibility index (Phi) is 4.76. The van der Waals surface area contributed by atoms with Crippen molar-refractivity contribution in [1.82, 2.24) is 5.16 Å². The summed E-state index contributed by atoms with van der Waals surface area (Å²) < 4.78 is 4.89. The SMILES string of the molecule is CCc1ccccc1NCCC(=O)Nc1cc(C)on1. The molecule has 0 aliphatic carbocycles. The highest BCUT2D eigenvalue weighted by Crippen LogP contribution is 2.15. The van der Waals surface area contributed by atoms with E-state index in [2.05, 4.69) is 28.8 Å². The molecule has 1 aromatic carbocycles. The molecule has 0 atom stereocenters. The van der Waals surface area contributed by atoms with Crippen molar-refractivity contribution in [1.29, 1.82) is 0 Å². The quantitative estimate of drug-likeness (QED) is 0.849. The zero-order chi connectivity index (χ0) is 14.4. The molecule has 5 heteroatoms. The fourth-order valence-corrected chi connectivity index (χ4v) is 1.94. The van der Waals surface area contributed by atoms with Crippen molar-refractivity contribution in [3.05, 3.63) is 41.7 Å². The number of nitrogens with zero attached hydrogens (tertiary/aromatic N) is 1. The van der Waals surface area contributed by atoms with Crippen molar-refractivity contribution < 1.29 is 9.32 Å².